The Hall–Kier alpha value is -2.60. The number of anilines is 1. The van der Waals surface area contributed by atoms with E-state index < -0.39 is 0 Å². The van der Waals surface area contributed by atoms with E-state index in [9.17, 15) is 4.79 Å². The van der Waals surface area contributed by atoms with Crippen LogP contribution in [-0.4, -0.2) is 15.7 Å². The van der Waals surface area contributed by atoms with Gasteiger partial charge < -0.3 is 9.73 Å². The fourth-order valence-electron chi connectivity index (χ4n) is 2.38. The number of amides is 1. The molecule has 0 atom stereocenters. The number of aromatic nitrogens is 2. The van der Waals surface area contributed by atoms with Crippen molar-refractivity contribution < 1.29 is 9.21 Å². The van der Waals surface area contributed by atoms with Crippen LogP contribution < -0.4 is 5.32 Å². The summed E-state index contributed by atoms with van der Waals surface area (Å²) in [5.74, 6) is 0.367. The highest BCUT2D eigenvalue weighted by Gasteiger charge is 2.14. The number of carbonyl (C=O) groups excluding carboxylic acids is 1. The van der Waals surface area contributed by atoms with Gasteiger partial charge in [0.15, 0.2) is 4.67 Å². The largest absolute Gasteiger partial charge is 0.450 e. The maximum atomic E-state index is 12.2. The molecular formula is C18H16BrN3O2. The summed E-state index contributed by atoms with van der Waals surface area (Å²) >= 11 is 3.22. The summed E-state index contributed by atoms with van der Waals surface area (Å²) in [5.41, 5.74) is 3.31. The number of nitrogens with one attached hydrogen (secondary N) is 1. The summed E-state index contributed by atoms with van der Waals surface area (Å²) in [7, 11) is 0. The highest BCUT2D eigenvalue weighted by Crippen LogP contribution is 2.23. The van der Waals surface area contributed by atoms with Crippen LogP contribution in [0.25, 0.3) is 11.8 Å². The third-order valence-corrected chi connectivity index (χ3v) is 3.96. The molecule has 0 spiro atoms. The molecule has 2 aromatic heterocycles. The normalized spacial score (nSPS) is 11.1. The van der Waals surface area contributed by atoms with Gasteiger partial charge in [-0.2, -0.15) is 5.10 Å². The van der Waals surface area contributed by atoms with Crippen LogP contribution in [0.3, 0.4) is 0 Å². The van der Waals surface area contributed by atoms with Gasteiger partial charge in [-0.1, -0.05) is 18.2 Å². The number of nitrogens with zero attached hydrogens (tertiary/aromatic N) is 2. The standard InChI is InChI=1S/C18H16BrN3O2/c1-12-18(13(2)22(21-12)14-6-4-3-5-7-14)20-17(23)11-9-15-8-10-16(19)24-15/h3-11H,1-2H3,(H,20,23)/b11-9+. The summed E-state index contributed by atoms with van der Waals surface area (Å²) in [6.07, 6.45) is 3.05. The lowest BCUT2D eigenvalue weighted by Gasteiger charge is -2.05. The van der Waals surface area contributed by atoms with Crippen molar-refractivity contribution in [3.63, 3.8) is 0 Å². The molecule has 0 aliphatic heterocycles. The van der Waals surface area contributed by atoms with Crippen LogP contribution in [-0.2, 0) is 4.79 Å². The fraction of sp³-hybridized carbons (Fsp3) is 0.111. The third kappa shape index (κ3) is 3.49. The summed E-state index contributed by atoms with van der Waals surface area (Å²) in [4.78, 5) is 12.2. The monoisotopic (exact) mass is 385 g/mol. The molecule has 3 aromatic rings. The number of rotatable bonds is 4. The van der Waals surface area contributed by atoms with E-state index >= 15 is 0 Å². The van der Waals surface area contributed by atoms with E-state index in [0.29, 0.717) is 16.1 Å². The number of halogens is 1. The van der Waals surface area contributed by atoms with Gasteiger partial charge in [0.05, 0.1) is 22.8 Å². The van der Waals surface area contributed by atoms with E-state index in [0.717, 1.165) is 17.1 Å². The number of hydrogen-bond acceptors (Lipinski definition) is 3. The molecule has 5 nitrogen and oxygen atoms in total. The summed E-state index contributed by atoms with van der Waals surface area (Å²) in [5, 5.41) is 7.39. The predicted molar refractivity (Wildman–Crippen MR) is 97.1 cm³/mol. The van der Waals surface area contributed by atoms with Gasteiger partial charge in [0, 0.05) is 6.08 Å². The van der Waals surface area contributed by atoms with Gasteiger partial charge in [-0.15, -0.1) is 0 Å². The topological polar surface area (TPSA) is 60.1 Å². The molecule has 6 heteroatoms. The molecule has 24 heavy (non-hydrogen) atoms. The molecule has 122 valence electrons. The highest BCUT2D eigenvalue weighted by molar-refractivity contribution is 9.10. The third-order valence-electron chi connectivity index (χ3n) is 3.53. The first-order valence-electron chi connectivity index (χ1n) is 7.40. The minimum atomic E-state index is -0.235. The Kier molecular flexibility index (Phi) is 4.66. The van der Waals surface area contributed by atoms with Gasteiger partial charge >= 0.3 is 0 Å². The molecule has 0 saturated carbocycles. The maximum absolute atomic E-state index is 12.2. The van der Waals surface area contributed by atoms with Gasteiger partial charge in [0.1, 0.15) is 5.76 Å². The molecule has 0 saturated heterocycles. The van der Waals surface area contributed by atoms with Crippen molar-refractivity contribution in [3.8, 4) is 5.69 Å². The molecule has 0 fully saturated rings. The second-order valence-corrected chi connectivity index (χ2v) is 6.04. The summed E-state index contributed by atoms with van der Waals surface area (Å²) in [6, 6.07) is 13.4. The Morgan fingerprint density at radius 1 is 1.21 bits per heavy atom. The molecule has 0 bridgehead atoms. The number of carbonyl (C=O) groups is 1. The van der Waals surface area contributed by atoms with E-state index in [4.69, 9.17) is 4.42 Å². The first-order chi connectivity index (χ1) is 11.5. The minimum Gasteiger partial charge on any atom is -0.450 e. The van der Waals surface area contributed by atoms with Gasteiger partial charge in [-0.05, 0) is 60.1 Å². The van der Waals surface area contributed by atoms with Gasteiger partial charge in [0.25, 0.3) is 0 Å². The van der Waals surface area contributed by atoms with Crippen molar-refractivity contribution in [1.82, 2.24) is 9.78 Å². The molecule has 0 aliphatic carbocycles. The average Bonchev–Trinajstić information content (AvgIpc) is 3.12. The zero-order valence-electron chi connectivity index (χ0n) is 13.3. The average molecular weight is 386 g/mol. The Labute approximate surface area is 148 Å². The van der Waals surface area contributed by atoms with Crippen molar-refractivity contribution in [2.24, 2.45) is 0 Å². The van der Waals surface area contributed by atoms with Crippen molar-refractivity contribution in [2.45, 2.75) is 13.8 Å². The Bertz CT molecular complexity index is 894. The second-order valence-electron chi connectivity index (χ2n) is 5.26. The zero-order valence-corrected chi connectivity index (χ0v) is 14.9. The Morgan fingerprint density at radius 3 is 2.62 bits per heavy atom. The van der Waals surface area contributed by atoms with Crippen LogP contribution in [0.2, 0.25) is 0 Å². The van der Waals surface area contributed by atoms with Gasteiger partial charge in [0.2, 0.25) is 5.91 Å². The molecule has 2 heterocycles. The molecule has 0 radical (unpaired) electrons. The lowest BCUT2D eigenvalue weighted by atomic mass is 10.3. The van der Waals surface area contributed by atoms with Crippen LogP contribution in [0.1, 0.15) is 17.1 Å². The molecule has 0 aliphatic rings. The highest BCUT2D eigenvalue weighted by atomic mass is 79.9. The molecule has 1 N–H and O–H groups in total. The number of para-hydroxylation sites is 1. The maximum Gasteiger partial charge on any atom is 0.248 e. The van der Waals surface area contributed by atoms with Crippen molar-refractivity contribution in [3.05, 3.63) is 70.4 Å². The van der Waals surface area contributed by atoms with Crippen molar-refractivity contribution in [1.29, 1.82) is 0 Å². The molecule has 0 unspecified atom stereocenters. The molecule has 1 amide bonds. The fourth-order valence-corrected chi connectivity index (χ4v) is 2.70. The molecule has 1 aromatic carbocycles. The van der Waals surface area contributed by atoms with Crippen LogP contribution in [0.5, 0.6) is 0 Å². The first kappa shape index (κ1) is 16.3. The number of hydrogen-bond donors (Lipinski definition) is 1. The second kappa shape index (κ2) is 6.88. The van der Waals surface area contributed by atoms with Crippen LogP contribution >= 0.6 is 15.9 Å². The van der Waals surface area contributed by atoms with E-state index in [1.165, 1.54) is 6.08 Å². The summed E-state index contributed by atoms with van der Waals surface area (Å²) < 4.78 is 7.77. The van der Waals surface area contributed by atoms with Gasteiger partial charge in [-0.3, -0.25) is 4.79 Å². The van der Waals surface area contributed by atoms with Crippen LogP contribution in [0, 0.1) is 13.8 Å². The smallest absolute Gasteiger partial charge is 0.248 e. The Balaban J connectivity index is 1.79. The number of aryl methyl sites for hydroxylation is 1. The quantitative estimate of drug-likeness (QED) is 0.672. The number of benzene rings is 1. The van der Waals surface area contributed by atoms with Crippen molar-refractivity contribution in [2.75, 3.05) is 5.32 Å². The SMILES string of the molecule is Cc1nn(-c2ccccc2)c(C)c1NC(=O)/C=C/c1ccc(Br)o1. The first-order valence-corrected chi connectivity index (χ1v) is 8.20. The van der Waals surface area contributed by atoms with Crippen LogP contribution in [0.4, 0.5) is 5.69 Å². The van der Waals surface area contributed by atoms with E-state index in [1.807, 2.05) is 48.9 Å². The number of furan rings is 1. The lowest BCUT2D eigenvalue weighted by Crippen LogP contribution is -2.09. The Morgan fingerprint density at radius 2 is 1.96 bits per heavy atom. The zero-order chi connectivity index (χ0) is 17.1. The van der Waals surface area contributed by atoms with Gasteiger partial charge in [-0.25, -0.2) is 4.68 Å². The van der Waals surface area contributed by atoms with Crippen LogP contribution in [0.15, 0.2) is 57.6 Å². The molecule has 3 rings (SSSR count). The van der Waals surface area contributed by atoms with E-state index in [1.54, 1.807) is 18.2 Å². The predicted octanol–water partition coefficient (Wildman–Crippen LogP) is 4.50. The lowest BCUT2D eigenvalue weighted by molar-refractivity contribution is -0.111. The molecular weight excluding hydrogens is 370 g/mol. The van der Waals surface area contributed by atoms with E-state index in [-0.39, 0.29) is 5.91 Å². The minimum absolute atomic E-state index is 0.235. The summed E-state index contributed by atoms with van der Waals surface area (Å²) in [6.45, 7) is 3.80. The van der Waals surface area contributed by atoms with E-state index in [2.05, 4.69) is 26.3 Å². The van der Waals surface area contributed by atoms with Crippen molar-refractivity contribution >= 4 is 33.6 Å².